The van der Waals surface area contributed by atoms with Gasteiger partial charge in [0.1, 0.15) is 4.75 Å². The SMILES string of the molecule is CC(C)(C(=O)Nc1cccc(Cl)c1)S(=O)(=O)c1ccc(Cl)cc1. The Morgan fingerprint density at radius 2 is 1.61 bits per heavy atom. The van der Waals surface area contributed by atoms with Crippen LogP contribution in [0.4, 0.5) is 5.69 Å². The number of nitrogens with one attached hydrogen (secondary N) is 1. The van der Waals surface area contributed by atoms with E-state index >= 15 is 0 Å². The lowest BCUT2D eigenvalue weighted by molar-refractivity contribution is -0.117. The van der Waals surface area contributed by atoms with Crippen molar-refractivity contribution in [1.29, 1.82) is 0 Å². The van der Waals surface area contributed by atoms with Crippen molar-refractivity contribution in [3.63, 3.8) is 0 Å². The fourth-order valence-corrected chi connectivity index (χ4v) is 3.57. The molecule has 0 unspecified atom stereocenters. The summed E-state index contributed by atoms with van der Waals surface area (Å²) in [6.45, 7) is 2.72. The first-order valence-corrected chi connectivity index (χ1v) is 8.96. The Morgan fingerprint density at radius 3 is 2.17 bits per heavy atom. The molecule has 0 saturated carbocycles. The molecule has 0 atom stereocenters. The van der Waals surface area contributed by atoms with Crippen LogP contribution in [0.25, 0.3) is 0 Å². The molecular formula is C16H15Cl2NO3S. The molecule has 2 aromatic carbocycles. The van der Waals surface area contributed by atoms with Gasteiger partial charge < -0.3 is 5.32 Å². The van der Waals surface area contributed by atoms with Crippen molar-refractivity contribution in [3.8, 4) is 0 Å². The average molecular weight is 372 g/mol. The number of carbonyl (C=O) groups excluding carboxylic acids is 1. The van der Waals surface area contributed by atoms with E-state index in [0.717, 1.165) is 0 Å². The number of hydrogen-bond donors (Lipinski definition) is 1. The lowest BCUT2D eigenvalue weighted by Gasteiger charge is -2.24. The van der Waals surface area contributed by atoms with Crippen LogP contribution in [0.3, 0.4) is 0 Å². The zero-order valence-corrected chi connectivity index (χ0v) is 14.8. The summed E-state index contributed by atoms with van der Waals surface area (Å²) in [5, 5.41) is 3.45. The molecule has 7 heteroatoms. The van der Waals surface area contributed by atoms with E-state index in [1.165, 1.54) is 38.1 Å². The van der Waals surface area contributed by atoms with Crippen molar-refractivity contribution >= 4 is 44.6 Å². The Kier molecular flexibility index (Phi) is 5.04. The molecule has 23 heavy (non-hydrogen) atoms. The highest BCUT2D eigenvalue weighted by Crippen LogP contribution is 2.28. The van der Waals surface area contributed by atoms with Crippen molar-refractivity contribution in [2.24, 2.45) is 0 Å². The van der Waals surface area contributed by atoms with Gasteiger partial charge in [-0.05, 0) is 56.3 Å². The van der Waals surface area contributed by atoms with Crippen LogP contribution in [0, 0.1) is 0 Å². The summed E-state index contributed by atoms with van der Waals surface area (Å²) in [6, 6.07) is 12.2. The standard InChI is InChI=1S/C16H15Cl2NO3S/c1-16(2,15(20)19-13-5-3-4-12(18)10-13)23(21,22)14-8-6-11(17)7-9-14/h3-10H,1-2H3,(H,19,20). The van der Waals surface area contributed by atoms with Crippen LogP contribution in [0.2, 0.25) is 10.0 Å². The first kappa shape index (κ1) is 17.8. The summed E-state index contributed by atoms with van der Waals surface area (Å²) in [6.07, 6.45) is 0. The second-order valence-corrected chi connectivity index (χ2v) is 8.80. The summed E-state index contributed by atoms with van der Waals surface area (Å²) >= 11 is 11.6. The first-order valence-electron chi connectivity index (χ1n) is 6.72. The van der Waals surface area contributed by atoms with Gasteiger partial charge >= 0.3 is 0 Å². The molecule has 0 aliphatic heterocycles. The fraction of sp³-hybridized carbons (Fsp3) is 0.188. The van der Waals surface area contributed by atoms with Crippen molar-refractivity contribution in [2.75, 3.05) is 5.32 Å². The van der Waals surface area contributed by atoms with E-state index < -0.39 is 20.5 Å². The minimum atomic E-state index is -3.89. The highest BCUT2D eigenvalue weighted by molar-refractivity contribution is 7.93. The Bertz CT molecular complexity index is 831. The lowest BCUT2D eigenvalue weighted by Crippen LogP contribution is -2.44. The molecule has 0 fully saturated rings. The van der Waals surface area contributed by atoms with Crippen LogP contribution in [-0.4, -0.2) is 19.1 Å². The molecule has 1 amide bonds. The average Bonchev–Trinajstić information content (AvgIpc) is 2.47. The molecule has 0 aliphatic rings. The lowest BCUT2D eigenvalue weighted by atomic mass is 10.2. The Balaban J connectivity index is 2.32. The molecule has 122 valence electrons. The van der Waals surface area contributed by atoms with E-state index in [-0.39, 0.29) is 4.90 Å². The van der Waals surface area contributed by atoms with Crippen molar-refractivity contribution < 1.29 is 13.2 Å². The Hall–Kier alpha value is -1.56. The normalized spacial score (nSPS) is 12.0. The second kappa shape index (κ2) is 6.51. The van der Waals surface area contributed by atoms with Gasteiger partial charge in [-0.3, -0.25) is 4.79 Å². The van der Waals surface area contributed by atoms with Gasteiger partial charge in [0, 0.05) is 15.7 Å². The van der Waals surface area contributed by atoms with Crippen molar-refractivity contribution in [1.82, 2.24) is 0 Å². The number of halogens is 2. The molecule has 4 nitrogen and oxygen atoms in total. The monoisotopic (exact) mass is 371 g/mol. The van der Waals surface area contributed by atoms with Gasteiger partial charge in [0.05, 0.1) is 4.90 Å². The molecule has 0 saturated heterocycles. The number of rotatable bonds is 4. The number of sulfone groups is 1. The van der Waals surface area contributed by atoms with Crippen LogP contribution in [0.5, 0.6) is 0 Å². The number of anilines is 1. The van der Waals surface area contributed by atoms with E-state index in [2.05, 4.69) is 5.32 Å². The molecule has 1 N–H and O–H groups in total. The number of benzene rings is 2. The molecule has 0 radical (unpaired) electrons. The van der Waals surface area contributed by atoms with E-state index in [1.54, 1.807) is 24.3 Å². The molecule has 0 bridgehead atoms. The van der Waals surface area contributed by atoms with Crippen LogP contribution in [0.1, 0.15) is 13.8 Å². The summed E-state index contributed by atoms with van der Waals surface area (Å²) in [4.78, 5) is 12.5. The smallest absolute Gasteiger partial charge is 0.245 e. The quantitative estimate of drug-likeness (QED) is 0.876. The van der Waals surface area contributed by atoms with Gasteiger partial charge in [0.25, 0.3) is 0 Å². The number of amides is 1. The summed E-state index contributed by atoms with van der Waals surface area (Å²) in [5.74, 6) is -0.644. The first-order chi connectivity index (χ1) is 10.6. The van der Waals surface area contributed by atoms with Crippen LogP contribution in [0.15, 0.2) is 53.4 Å². The van der Waals surface area contributed by atoms with Gasteiger partial charge in [-0.2, -0.15) is 0 Å². The Morgan fingerprint density at radius 1 is 1.00 bits per heavy atom. The Labute approximate surface area is 145 Å². The van der Waals surface area contributed by atoms with E-state index in [0.29, 0.717) is 15.7 Å². The highest BCUT2D eigenvalue weighted by atomic mass is 35.5. The molecule has 2 rings (SSSR count). The predicted molar refractivity (Wildman–Crippen MR) is 92.8 cm³/mol. The van der Waals surface area contributed by atoms with Gasteiger partial charge in [0.15, 0.2) is 9.84 Å². The van der Waals surface area contributed by atoms with Crippen LogP contribution >= 0.6 is 23.2 Å². The number of carbonyl (C=O) groups is 1. The minimum absolute atomic E-state index is 0.0353. The maximum atomic E-state index is 12.7. The zero-order valence-electron chi connectivity index (χ0n) is 12.5. The number of hydrogen-bond acceptors (Lipinski definition) is 3. The van der Waals surface area contributed by atoms with Crippen molar-refractivity contribution in [2.45, 2.75) is 23.5 Å². The molecule has 0 spiro atoms. The fourth-order valence-electron chi connectivity index (χ4n) is 1.88. The van der Waals surface area contributed by atoms with Gasteiger partial charge in [-0.1, -0.05) is 29.3 Å². The largest absolute Gasteiger partial charge is 0.325 e. The highest BCUT2D eigenvalue weighted by Gasteiger charge is 2.42. The van der Waals surface area contributed by atoms with Crippen LogP contribution in [-0.2, 0) is 14.6 Å². The summed E-state index contributed by atoms with van der Waals surface area (Å²) in [5.41, 5.74) is 0.432. The van der Waals surface area contributed by atoms with E-state index in [4.69, 9.17) is 23.2 Å². The summed E-state index contributed by atoms with van der Waals surface area (Å²) < 4.78 is 23.8. The molecule has 0 heterocycles. The van der Waals surface area contributed by atoms with Gasteiger partial charge in [0.2, 0.25) is 5.91 Å². The maximum absolute atomic E-state index is 12.7. The third-order valence-electron chi connectivity index (χ3n) is 3.43. The van der Waals surface area contributed by atoms with E-state index in [9.17, 15) is 13.2 Å². The van der Waals surface area contributed by atoms with Gasteiger partial charge in [-0.25, -0.2) is 8.42 Å². The topological polar surface area (TPSA) is 63.2 Å². The van der Waals surface area contributed by atoms with E-state index in [1.807, 2.05) is 0 Å². The molecular weight excluding hydrogens is 357 g/mol. The zero-order chi connectivity index (χ0) is 17.3. The van der Waals surface area contributed by atoms with Crippen molar-refractivity contribution in [3.05, 3.63) is 58.6 Å². The summed E-state index contributed by atoms with van der Waals surface area (Å²) in [7, 11) is -3.89. The third-order valence-corrected chi connectivity index (χ3v) is 6.33. The maximum Gasteiger partial charge on any atom is 0.245 e. The molecule has 0 aliphatic carbocycles. The second-order valence-electron chi connectivity index (χ2n) is 5.43. The van der Waals surface area contributed by atoms with Gasteiger partial charge in [-0.15, -0.1) is 0 Å². The minimum Gasteiger partial charge on any atom is -0.325 e. The third kappa shape index (κ3) is 3.68. The predicted octanol–water partition coefficient (Wildman–Crippen LogP) is 4.18. The molecule has 2 aromatic rings. The molecule has 0 aromatic heterocycles. The van der Waals surface area contributed by atoms with Crippen LogP contribution < -0.4 is 5.32 Å².